The van der Waals surface area contributed by atoms with Crippen LogP contribution in [0.4, 0.5) is 0 Å². The first-order valence-electron chi connectivity index (χ1n) is 9.93. The molecule has 0 spiro atoms. The summed E-state index contributed by atoms with van der Waals surface area (Å²) < 4.78 is 0. The molecule has 2 N–H and O–H groups in total. The molecule has 1 aliphatic carbocycles. The largest absolute Gasteiger partial charge is 0.332 e. The normalized spacial score (nSPS) is 23.3. The van der Waals surface area contributed by atoms with Crippen molar-refractivity contribution < 1.29 is 4.79 Å². The number of hydrogen-bond donors (Lipinski definition) is 2. The van der Waals surface area contributed by atoms with Crippen LogP contribution in [0.3, 0.4) is 0 Å². The van der Waals surface area contributed by atoms with Gasteiger partial charge in [0.05, 0.1) is 24.0 Å². The molecule has 1 saturated heterocycles. The van der Waals surface area contributed by atoms with Crippen LogP contribution in [0.2, 0.25) is 0 Å². The Hall–Kier alpha value is -2.31. The van der Waals surface area contributed by atoms with E-state index < -0.39 is 0 Å². The van der Waals surface area contributed by atoms with E-state index >= 15 is 0 Å². The summed E-state index contributed by atoms with van der Waals surface area (Å²) >= 11 is 0. The van der Waals surface area contributed by atoms with Crippen LogP contribution in [-0.2, 0) is 11.3 Å². The van der Waals surface area contributed by atoms with Crippen molar-refractivity contribution in [3.8, 4) is 0 Å². The van der Waals surface area contributed by atoms with Gasteiger partial charge in [-0.1, -0.05) is 31.4 Å². The van der Waals surface area contributed by atoms with Gasteiger partial charge in [0, 0.05) is 18.4 Å². The SMILES string of the molecule is O=C(C1CC(c2ccccn2)NN1)N(Cc1ccccn1)C1CCCCC1. The van der Waals surface area contributed by atoms with Crippen LogP contribution < -0.4 is 10.9 Å². The maximum Gasteiger partial charge on any atom is 0.241 e. The molecule has 142 valence electrons. The third-order valence-electron chi connectivity index (χ3n) is 5.60. The Morgan fingerprint density at radius 3 is 2.48 bits per heavy atom. The predicted octanol–water partition coefficient (Wildman–Crippen LogP) is 2.75. The summed E-state index contributed by atoms with van der Waals surface area (Å²) in [4.78, 5) is 24.3. The lowest BCUT2D eigenvalue weighted by Gasteiger charge is -2.35. The van der Waals surface area contributed by atoms with Crippen molar-refractivity contribution in [3.05, 3.63) is 60.2 Å². The van der Waals surface area contributed by atoms with Gasteiger partial charge in [0.25, 0.3) is 0 Å². The first-order chi connectivity index (χ1) is 13.3. The molecule has 1 amide bonds. The number of nitrogens with one attached hydrogen (secondary N) is 2. The van der Waals surface area contributed by atoms with Crippen molar-refractivity contribution >= 4 is 5.91 Å². The molecule has 2 atom stereocenters. The van der Waals surface area contributed by atoms with Gasteiger partial charge in [-0.3, -0.25) is 14.8 Å². The highest BCUT2D eigenvalue weighted by Gasteiger charge is 2.36. The van der Waals surface area contributed by atoms with Gasteiger partial charge < -0.3 is 4.90 Å². The average Bonchev–Trinajstić information content (AvgIpc) is 3.24. The fourth-order valence-electron chi connectivity index (χ4n) is 4.14. The molecule has 2 fully saturated rings. The maximum atomic E-state index is 13.4. The van der Waals surface area contributed by atoms with E-state index in [-0.39, 0.29) is 18.0 Å². The van der Waals surface area contributed by atoms with Crippen LogP contribution in [0.1, 0.15) is 56.0 Å². The molecule has 6 nitrogen and oxygen atoms in total. The summed E-state index contributed by atoms with van der Waals surface area (Å²) in [5.41, 5.74) is 8.37. The molecule has 27 heavy (non-hydrogen) atoms. The lowest BCUT2D eigenvalue weighted by atomic mass is 9.93. The third-order valence-corrected chi connectivity index (χ3v) is 5.60. The van der Waals surface area contributed by atoms with E-state index in [4.69, 9.17) is 0 Å². The van der Waals surface area contributed by atoms with Gasteiger partial charge in [0.1, 0.15) is 6.04 Å². The molecule has 0 radical (unpaired) electrons. The fraction of sp³-hybridized carbons (Fsp3) is 0.476. The number of aromatic nitrogens is 2. The molecule has 2 aromatic rings. The molecular formula is C21H27N5O. The lowest BCUT2D eigenvalue weighted by Crippen LogP contribution is -2.50. The number of nitrogens with zero attached hydrogens (tertiary/aromatic N) is 3. The second-order valence-corrected chi connectivity index (χ2v) is 7.46. The Labute approximate surface area is 160 Å². The van der Waals surface area contributed by atoms with E-state index in [1.807, 2.05) is 36.4 Å². The van der Waals surface area contributed by atoms with Gasteiger partial charge >= 0.3 is 0 Å². The van der Waals surface area contributed by atoms with Gasteiger partial charge in [0.15, 0.2) is 0 Å². The Morgan fingerprint density at radius 1 is 1.00 bits per heavy atom. The number of amides is 1. The van der Waals surface area contributed by atoms with Gasteiger partial charge in [-0.25, -0.2) is 10.9 Å². The van der Waals surface area contributed by atoms with Crippen LogP contribution in [0, 0.1) is 0 Å². The highest BCUT2D eigenvalue weighted by molar-refractivity contribution is 5.82. The van der Waals surface area contributed by atoms with E-state index in [9.17, 15) is 4.79 Å². The van der Waals surface area contributed by atoms with Crippen LogP contribution in [0.5, 0.6) is 0 Å². The molecule has 6 heteroatoms. The minimum Gasteiger partial charge on any atom is -0.332 e. The molecule has 0 bridgehead atoms. The van der Waals surface area contributed by atoms with E-state index in [1.54, 1.807) is 12.4 Å². The molecule has 4 rings (SSSR count). The summed E-state index contributed by atoms with van der Waals surface area (Å²) in [5, 5.41) is 0. The number of hydrogen-bond acceptors (Lipinski definition) is 5. The maximum absolute atomic E-state index is 13.4. The molecule has 2 aliphatic rings. The van der Waals surface area contributed by atoms with Crippen LogP contribution in [-0.4, -0.2) is 32.9 Å². The monoisotopic (exact) mass is 365 g/mol. The van der Waals surface area contributed by atoms with E-state index in [2.05, 4.69) is 25.7 Å². The van der Waals surface area contributed by atoms with E-state index in [0.717, 1.165) is 24.2 Å². The van der Waals surface area contributed by atoms with Gasteiger partial charge in [0.2, 0.25) is 5.91 Å². The molecule has 2 aromatic heterocycles. The van der Waals surface area contributed by atoms with Crippen molar-refractivity contribution in [1.29, 1.82) is 0 Å². The Kier molecular flexibility index (Phi) is 5.75. The summed E-state index contributed by atoms with van der Waals surface area (Å²) in [7, 11) is 0. The minimum absolute atomic E-state index is 0.0585. The van der Waals surface area contributed by atoms with Crippen molar-refractivity contribution in [1.82, 2.24) is 25.7 Å². The third kappa shape index (κ3) is 4.34. The Balaban J connectivity index is 1.48. The highest BCUT2D eigenvalue weighted by Crippen LogP contribution is 2.27. The van der Waals surface area contributed by atoms with Crippen molar-refractivity contribution in [2.45, 2.75) is 63.2 Å². The highest BCUT2D eigenvalue weighted by atomic mass is 16.2. The zero-order valence-electron chi connectivity index (χ0n) is 15.6. The first kappa shape index (κ1) is 18.1. The standard InChI is InChI=1S/C21H27N5O/c27-21(20-14-19(24-25-20)18-11-5-7-13-23-18)26(17-9-2-1-3-10-17)15-16-8-4-6-12-22-16/h4-8,11-13,17,19-20,24-25H,1-3,9-10,14-15H2. The van der Waals surface area contributed by atoms with Crippen LogP contribution in [0.25, 0.3) is 0 Å². The Morgan fingerprint density at radius 2 is 1.78 bits per heavy atom. The summed E-state index contributed by atoms with van der Waals surface area (Å²) in [6.45, 7) is 0.580. The molecule has 0 aromatic carbocycles. The van der Waals surface area contributed by atoms with Crippen molar-refractivity contribution in [3.63, 3.8) is 0 Å². The number of pyridine rings is 2. The van der Waals surface area contributed by atoms with Gasteiger partial charge in [-0.15, -0.1) is 0 Å². The topological polar surface area (TPSA) is 70.2 Å². The van der Waals surface area contributed by atoms with Crippen LogP contribution >= 0.6 is 0 Å². The van der Waals surface area contributed by atoms with E-state index in [0.29, 0.717) is 19.0 Å². The van der Waals surface area contributed by atoms with Crippen LogP contribution in [0.15, 0.2) is 48.8 Å². The number of rotatable bonds is 5. The molecule has 3 heterocycles. The van der Waals surface area contributed by atoms with Crippen molar-refractivity contribution in [2.24, 2.45) is 0 Å². The number of carbonyl (C=O) groups excluding carboxylic acids is 1. The molecule has 1 aliphatic heterocycles. The fourth-order valence-corrected chi connectivity index (χ4v) is 4.14. The average molecular weight is 365 g/mol. The van der Waals surface area contributed by atoms with Gasteiger partial charge in [-0.05, 0) is 43.5 Å². The number of hydrazine groups is 1. The zero-order chi connectivity index (χ0) is 18.5. The van der Waals surface area contributed by atoms with E-state index in [1.165, 1.54) is 19.3 Å². The lowest BCUT2D eigenvalue weighted by molar-refractivity contribution is -0.137. The molecule has 1 saturated carbocycles. The summed E-state index contributed by atoms with van der Waals surface area (Å²) in [6, 6.07) is 11.9. The quantitative estimate of drug-likeness (QED) is 0.853. The first-order valence-corrected chi connectivity index (χ1v) is 9.93. The minimum atomic E-state index is -0.234. The molecular weight excluding hydrogens is 338 g/mol. The Bertz CT molecular complexity index is 733. The second-order valence-electron chi connectivity index (χ2n) is 7.46. The van der Waals surface area contributed by atoms with Gasteiger partial charge in [-0.2, -0.15) is 0 Å². The smallest absolute Gasteiger partial charge is 0.241 e. The molecule has 2 unspecified atom stereocenters. The summed E-state index contributed by atoms with van der Waals surface area (Å²) in [5.74, 6) is 0.165. The second kappa shape index (κ2) is 8.59. The number of carbonyl (C=O) groups is 1. The zero-order valence-corrected chi connectivity index (χ0v) is 15.6. The summed E-state index contributed by atoms with van der Waals surface area (Å²) in [6.07, 6.45) is 10.1. The predicted molar refractivity (Wildman–Crippen MR) is 103 cm³/mol. The van der Waals surface area contributed by atoms with Crippen molar-refractivity contribution in [2.75, 3.05) is 0 Å².